The van der Waals surface area contributed by atoms with Crippen molar-refractivity contribution in [2.24, 2.45) is 0 Å². The molecule has 0 bridgehead atoms. The fraction of sp³-hybridized carbons (Fsp3) is 0.286. The Labute approximate surface area is 152 Å². The van der Waals surface area contributed by atoms with Gasteiger partial charge in [0.2, 0.25) is 5.91 Å². The summed E-state index contributed by atoms with van der Waals surface area (Å²) in [5.74, 6) is -0.208. The van der Waals surface area contributed by atoms with E-state index in [2.05, 4.69) is 29.4 Å². The zero-order valence-electron chi connectivity index (χ0n) is 15.6. The molecule has 5 nitrogen and oxygen atoms in total. The van der Waals surface area contributed by atoms with Gasteiger partial charge in [0.15, 0.2) is 0 Å². The highest BCUT2D eigenvalue weighted by Crippen LogP contribution is 2.16. The van der Waals surface area contributed by atoms with E-state index < -0.39 is 0 Å². The third kappa shape index (κ3) is 3.52. The van der Waals surface area contributed by atoms with Crippen LogP contribution >= 0.6 is 0 Å². The minimum absolute atomic E-state index is 0.0420. The molecule has 3 aromatic rings. The smallest absolute Gasteiger partial charge is 0.261 e. The topological polar surface area (TPSA) is 64.0 Å². The number of carbonyl (C=O) groups excluding carboxylic acids is 1. The Morgan fingerprint density at radius 1 is 1.08 bits per heavy atom. The average Bonchev–Trinajstić information content (AvgIpc) is 2.57. The lowest BCUT2D eigenvalue weighted by Gasteiger charge is -2.13. The van der Waals surface area contributed by atoms with Crippen LogP contribution in [0.3, 0.4) is 0 Å². The molecule has 0 spiro atoms. The average molecular weight is 349 g/mol. The molecule has 0 aliphatic heterocycles. The maximum absolute atomic E-state index is 12.6. The van der Waals surface area contributed by atoms with Crippen molar-refractivity contribution in [2.45, 2.75) is 40.8 Å². The molecule has 134 valence electrons. The van der Waals surface area contributed by atoms with Crippen LogP contribution in [-0.2, 0) is 17.9 Å². The van der Waals surface area contributed by atoms with Gasteiger partial charge in [-0.1, -0.05) is 29.8 Å². The van der Waals surface area contributed by atoms with Crippen LogP contribution in [0.15, 0.2) is 41.5 Å². The minimum Gasteiger partial charge on any atom is -0.350 e. The molecule has 0 radical (unpaired) electrons. The van der Waals surface area contributed by atoms with Crippen LogP contribution in [0.1, 0.15) is 27.8 Å². The van der Waals surface area contributed by atoms with Gasteiger partial charge in [0.1, 0.15) is 6.54 Å². The number of nitrogens with one attached hydrogen (secondary N) is 1. The Bertz CT molecular complexity index is 1030. The molecule has 0 aliphatic rings. The number of fused-ring (bicyclic) bond motifs is 1. The van der Waals surface area contributed by atoms with Crippen LogP contribution in [0.5, 0.6) is 0 Å². The molecular formula is C21H23N3O2. The standard InChI is InChI=1S/C21H23N3O2/c1-13-8-15(3)18(16(4)9-13)10-22-19(25)11-24-12-23-20-14(2)6-5-7-17(20)21(24)26/h5-9,12H,10-11H2,1-4H3,(H,22,25). The maximum atomic E-state index is 12.6. The molecule has 5 heteroatoms. The van der Waals surface area contributed by atoms with Gasteiger partial charge in [-0.05, 0) is 56.0 Å². The number of aromatic nitrogens is 2. The highest BCUT2D eigenvalue weighted by atomic mass is 16.2. The van der Waals surface area contributed by atoms with E-state index in [0.717, 1.165) is 22.3 Å². The monoisotopic (exact) mass is 349 g/mol. The van der Waals surface area contributed by atoms with Crippen molar-refractivity contribution < 1.29 is 4.79 Å². The molecule has 1 N–H and O–H groups in total. The Kier molecular flexibility index (Phi) is 4.89. The molecule has 0 aliphatic carbocycles. The van der Waals surface area contributed by atoms with Gasteiger partial charge in [0, 0.05) is 6.54 Å². The lowest BCUT2D eigenvalue weighted by Crippen LogP contribution is -2.32. The van der Waals surface area contributed by atoms with Crippen molar-refractivity contribution in [2.75, 3.05) is 0 Å². The summed E-state index contributed by atoms with van der Waals surface area (Å²) in [6.45, 7) is 8.47. The number of rotatable bonds is 4. The van der Waals surface area contributed by atoms with E-state index in [1.165, 1.54) is 16.5 Å². The first kappa shape index (κ1) is 17.9. The number of hydrogen-bond acceptors (Lipinski definition) is 3. The Morgan fingerprint density at radius 2 is 1.77 bits per heavy atom. The van der Waals surface area contributed by atoms with Gasteiger partial charge in [-0.25, -0.2) is 4.98 Å². The van der Waals surface area contributed by atoms with E-state index >= 15 is 0 Å². The molecule has 1 amide bonds. The molecule has 0 fully saturated rings. The van der Waals surface area contributed by atoms with Crippen molar-refractivity contribution in [3.8, 4) is 0 Å². The highest BCUT2D eigenvalue weighted by Gasteiger charge is 2.10. The molecule has 0 atom stereocenters. The minimum atomic E-state index is -0.208. The summed E-state index contributed by atoms with van der Waals surface area (Å²) in [4.78, 5) is 29.2. The third-order valence-corrected chi connectivity index (χ3v) is 4.67. The quantitative estimate of drug-likeness (QED) is 0.788. The van der Waals surface area contributed by atoms with E-state index in [1.807, 2.05) is 32.9 Å². The van der Waals surface area contributed by atoms with Crippen molar-refractivity contribution >= 4 is 16.8 Å². The summed E-state index contributed by atoms with van der Waals surface area (Å²) < 4.78 is 1.35. The van der Waals surface area contributed by atoms with Crippen molar-refractivity contribution in [3.05, 3.63) is 74.8 Å². The molecule has 0 saturated heterocycles. The SMILES string of the molecule is Cc1cc(C)c(CNC(=O)Cn2cnc3c(C)cccc3c2=O)c(C)c1. The summed E-state index contributed by atoms with van der Waals surface area (Å²) >= 11 is 0. The first-order chi connectivity index (χ1) is 12.4. The molecule has 3 rings (SSSR count). The first-order valence-electron chi connectivity index (χ1n) is 8.65. The van der Waals surface area contributed by atoms with Crippen molar-refractivity contribution in [1.29, 1.82) is 0 Å². The maximum Gasteiger partial charge on any atom is 0.261 e. The fourth-order valence-corrected chi connectivity index (χ4v) is 3.34. The van der Waals surface area contributed by atoms with Gasteiger partial charge in [0.25, 0.3) is 5.56 Å². The molecular weight excluding hydrogens is 326 g/mol. The summed E-state index contributed by atoms with van der Waals surface area (Å²) in [7, 11) is 0. The van der Waals surface area contributed by atoms with Crippen LogP contribution in [0.4, 0.5) is 0 Å². The number of hydrogen-bond donors (Lipinski definition) is 1. The summed E-state index contributed by atoms with van der Waals surface area (Å²) in [6.07, 6.45) is 1.44. The van der Waals surface area contributed by atoms with Crippen molar-refractivity contribution in [3.63, 3.8) is 0 Å². The molecule has 0 saturated carbocycles. The summed E-state index contributed by atoms with van der Waals surface area (Å²) in [5.41, 5.74) is 6.06. The van der Waals surface area contributed by atoms with E-state index in [0.29, 0.717) is 17.4 Å². The lowest BCUT2D eigenvalue weighted by atomic mass is 10.00. The van der Waals surface area contributed by atoms with Gasteiger partial charge in [0.05, 0.1) is 17.2 Å². The second-order valence-corrected chi connectivity index (χ2v) is 6.80. The summed E-state index contributed by atoms with van der Waals surface area (Å²) in [6, 6.07) is 9.69. The van der Waals surface area contributed by atoms with Crippen LogP contribution < -0.4 is 10.9 Å². The summed E-state index contributed by atoms with van der Waals surface area (Å²) in [5, 5.41) is 3.44. The fourth-order valence-electron chi connectivity index (χ4n) is 3.34. The number of carbonyl (C=O) groups is 1. The number of para-hydroxylation sites is 1. The van der Waals surface area contributed by atoms with E-state index in [-0.39, 0.29) is 18.0 Å². The Morgan fingerprint density at radius 3 is 2.46 bits per heavy atom. The Balaban J connectivity index is 1.76. The molecule has 26 heavy (non-hydrogen) atoms. The van der Waals surface area contributed by atoms with Gasteiger partial charge in [-0.15, -0.1) is 0 Å². The van der Waals surface area contributed by atoms with Gasteiger partial charge >= 0.3 is 0 Å². The third-order valence-electron chi connectivity index (χ3n) is 4.67. The normalized spacial score (nSPS) is 10.9. The number of nitrogens with zero attached hydrogens (tertiary/aromatic N) is 2. The molecule has 2 aromatic carbocycles. The number of benzene rings is 2. The predicted molar refractivity (Wildman–Crippen MR) is 103 cm³/mol. The highest BCUT2D eigenvalue weighted by molar-refractivity contribution is 5.81. The lowest BCUT2D eigenvalue weighted by molar-refractivity contribution is -0.121. The molecule has 1 aromatic heterocycles. The van der Waals surface area contributed by atoms with Crippen LogP contribution in [0.25, 0.3) is 10.9 Å². The van der Waals surface area contributed by atoms with Crippen LogP contribution in [0, 0.1) is 27.7 Å². The van der Waals surface area contributed by atoms with Crippen molar-refractivity contribution in [1.82, 2.24) is 14.9 Å². The largest absolute Gasteiger partial charge is 0.350 e. The second kappa shape index (κ2) is 7.12. The van der Waals surface area contributed by atoms with Gasteiger partial charge < -0.3 is 5.32 Å². The van der Waals surface area contributed by atoms with Crippen LogP contribution in [0.2, 0.25) is 0 Å². The van der Waals surface area contributed by atoms with Crippen LogP contribution in [-0.4, -0.2) is 15.5 Å². The molecule has 1 heterocycles. The van der Waals surface area contributed by atoms with E-state index in [4.69, 9.17) is 0 Å². The van der Waals surface area contributed by atoms with E-state index in [9.17, 15) is 9.59 Å². The first-order valence-corrected chi connectivity index (χ1v) is 8.65. The Hall–Kier alpha value is -2.95. The van der Waals surface area contributed by atoms with E-state index in [1.54, 1.807) is 6.07 Å². The zero-order chi connectivity index (χ0) is 18.8. The van der Waals surface area contributed by atoms with Gasteiger partial charge in [-0.3, -0.25) is 14.2 Å². The predicted octanol–water partition coefficient (Wildman–Crippen LogP) is 2.95. The second-order valence-electron chi connectivity index (χ2n) is 6.80. The number of amides is 1. The molecule has 0 unspecified atom stereocenters. The number of aryl methyl sites for hydroxylation is 4. The van der Waals surface area contributed by atoms with Gasteiger partial charge in [-0.2, -0.15) is 0 Å². The zero-order valence-corrected chi connectivity index (χ0v) is 15.6.